The second-order valence-electron chi connectivity index (χ2n) is 7.09. The molecule has 8 heteroatoms. The quantitative estimate of drug-likeness (QED) is 0.811. The van der Waals surface area contributed by atoms with Crippen molar-refractivity contribution < 1.29 is 14.3 Å². The first-order valence-electron chi connectivity index (χ1n) is 9.73. The standard InChI is InChI=1S/C20H25N5O3/c1-21-19(26)16-6-5-15(13-22-16)25-9-10-28-17-11-14(12-23-18(17)25)20(27)24-7-3-2-4-8-24/h5-6,11-13,16,22H,2-4,7-10H2,1H3,(H,21,26). The summed E-state index contributed by atoms with van der Waals surface area (Å²) in [4.78, 5) is 32.9. The second-order valence-corrected chi connectivity index (χ2v) is 7.09. The molecule has 0 aromatic carbocycles. The SMILES string of the molecule is CNC(=O)C1C=CC(N2CCOc3cc(C(=O)N4CCCCC4)cnc32)=CN1. The Hall–Kier alpha value is -3.03. The summed E-state index contributed by atoms with van der Waals surface area (Å²) in [6.45, 7) is 2.75. The van der Waals surface area contributed by atoms with Gasteiger partial charge < -0.3 is 25.2 Å². The smallest absolute Gasteiger partial charge is 0.255 e. The van der Waals surface area contributed by atoms with Crippen molar-refractivity contribution in [3.8, 4) is 5.75 Å². The van der Waals surface area contributed by atoms with Crippen molar-refractivity contribution in [2.24, 2.45) is 0 Å². The van der Waals surface area contributed by atoms with Gasteiger partial charge in [-0.2, -0.15) is 0 Å². The summed E-state index contributed by atoms with van der Waals surface area (Å²) in [5.74, 6) is 1.21. The lowest BCUT2D eigenvalue weighted by Crippen LogP contribution is -2.42. The fraction of sp³-hybridized carbons (Fsp3) is 0.450. The molecular formula is C20H25N5O3. The molecule has 0 bridgehead atoms. The first kappa shape index (κ1) is 18.3. The van der Waals surface area contributed by atoms with Crippen LogP contribution in [0.4, 0.5) is 5.82 Å². The molecule has 1 atom stereocenters. The minimum Gasteiger partial charge on any atom is -0.488 e. The van der Waals surface area contributed by atoms with Gasteiger partial charge >= 0.3 is 0 Å². The summed E-state index contributed by atoms with van der Waals surface area (Å²) in [7, 11) is 1.61. The molecule has 8 nitrogen and oxygen atoms in total. The molecule has 3 aliphatic heterocycles. The van der Waals surface area contributed by atoms with Crippen molar-refractivity contribution in [3.05, 3.63) is 41.9 Å². The van der Waals surface area contributed by atoms with E-state index in [4.69, 9.17) is 4.74 Å². The molecule has 0 aliphatic carbocycles. The second kappa shape index (κ2) is 7.92. The van der Waals surface area contributed by atoms with E-state index in [1.165, 1.54) is 6.42 Å². The van der Waals surface area contributed by atoms with Gasteiger partial charge in [-0.25, -0.2) is 4.98 Å². The molecule has 1 aromatic rings. The van der Waals surface area contributed by atoms with Crippen LogP contribution in [-0.4, -0.2) is 61.0 Å². The highest BCUT2D eigenvalue weighted by molar-refractivity contribution is 5.95. The van der Waals surface area contributed by atoms with Gasteiger partial charge in [-0.05, 0) is 31.4 Å². The number of carbonyl (C=O) groups is 2. The Bertz CT molecular complexity index is 829. The highest BCUT2D eigenvalue weighted by Crippen LogP contribution is 2.33. The van der Waals surface area contributed by atoms with Crippen LogP contribution >= 0.6 is 0 Å². The molecule has 148 valence electrons. The number of amides is 2. The number of aromatic nitrogens is 1. The number of ether oxygens (including phenoxy) is 1. The van der Waals surface area contributed by atoms with Gasteiger partial charge in [-0.15, -0.1) is 0 Å². The fourth-order valence-electron chi connectivity index (χ4n) is 3.71. The summed E-state index contributed by atoms with van der Waals surface area (Å²) >= 11 is 0. The van der Waals surface area contributed by atoms with Crippen LogP contribution in [0.1, 0.15) is 29.6 Å². The predicted molar refractivity (Wildman–Crippen MR) is 105 cm³/mol. The van der Waals surface area contributed by atoms with Crippen molar-refractivity contribution >= 4 is 17.6 Å². The molecule has 2 N–H and O–H groups in total. The zero-order chi connectivity index (χ0) is 19.5. The molecule has 0 spiro atoms. The van der Waals surface area contributed by atoms with Gasteiger partial charge in [0.2, 0.25) is 5.91 Å². The van der Waals surface area contributed by atoms with Crippen LogP contribution in [0.15, 0.2) is 36.3 Å². The average molecular weight is 383 g/mol. The van der Waals surface area contributed by atoms with Crippen LogP contribution in [0.3, 0.4) is 0 Å². The number of rotatable bonds is 3. The number of likely N-dealkylation sites (tertiary alicyclic amines) is 1. The van der Waals surface area contributed by atoms with E-state index >= 15 is 0 Å². The van der Waals surface area contributed by atoms with E-state index in [2.05, 4.69) is 15.6 Å². The van der Waals surface area contributed by atoms with Crippen LogP contribution in [-0.2, 0) is 4.79 Å². The first-order valence-corrected chi connectivity index (χ1v) is 9.73. The number of pyridine rings is 1. The van der Waals surface area contributed by atoms with Crippen molar-refractivity contribution in [2.45, 2.75) is 25.3 Å². The van der Waals surface area contributed by atoms with Crippen molar-refractivity contribution in [3.63, 3.8) is 0 Å². The maximum absolute atomic E-state index is 12.7. The van der Waals surface area contributed by atoms with Gasteiger partial charge in [0, 0.05) is 32.5 Å². The van der Waals surface area contributed by atoms with Gasteiger partial charge in [-0.1, -0.05) is 6.08 Å². The Kier molecular flexibility index (Phi) is 5.18. The molecule has 4 rings (SSSR count). The molecule has 1 unspecified atom stereocenters. The van der Waals surface area contributed by atoms with Crippen molar-refractivity contribution in [1.82, 2.24) is 20.5 Å². The van der Waals surface area contributed by atoms with E-state index in [0.29, 0.717) is 30.3 Å². The van der Waals surface area contributed by atoms with Crippen LogP contribution in [0.25, 0.3) is 0 Å². The minimum absolute atomic E-state index is 0.0163. The van der Waals surface area contributed by atoms with Crippen LogP contribution in [0.5, 0.6) is 5.75 Å². The number of hydrogen-bond donors (Lipinski definition) is 2. The number of likely N-dealkylation sites (N-methyl/N-ethyl adjacent to an activating group) is 1. The number of piperidine rings is 1. The fourth-order valence-corrected chi connectivity index (χ4v) is 3.71. The molecular weight excluding hydrogens is 358 g/mol. The number of dihydropyridines is 1. The summed E-state index contributed by atoms with van der Waals surface area (Å²) < 4.78 is 5.79. The third-order valence-corrected chi connectivity index (χ3v) is 5.26. The maximum atomic E-state index is 12.7. The molecule has 4 heterocycles. The molecule has 1 saturated heterocycles. The molecule has 3 aliphatic rings. The molecule has 1 aromatic heterocycles. The highest BCUT2D eigenvalue weighted by Gasteiger charge is 2.26. The zero-order valence-electron chi connectivity index (χ0n) is 16.0. The molecule has 0 saturated carbocycles. The van der Waals surface area contributed by atoms with Gasteiger partial charge in [0.25, 0.3) is 5.91 Å². The number of anilines is 1. The number of carbonyl (C=O) groups excluding carboxylic acids is 2. The largest absolute Gasteiger partial charge is 0.488 e. The third-order valence-electron chi connectivity index (χ3n) is 5.26. The maximum Gasteiger partial charge on any atom is 0.255 e. The lowest BCUT2D eigenvalue weighted by Gasteiger charge is -2.33. The van der Waals surface area contributed by atoms with E-state index in [1.807, 2.05) is 28.2 Å². The van der Waals surface area contributed by atoms with Gasteiger partial charge in [0.1, 0.15) is 12.6 Å². The number of nitrogens with one attached hydrogen (secondary N) is 2. The third kappa shape index (κ3) is 3.54. The van der Waals surface area contributed by atoms with E-state index in [-0.39, 0.29) is 17.9 Å². The van der Waals surface area contributed by atoms with Gasteiger partial charge in [0.15, 0.2) is 11.6 Å². The van der Waals surface area contributed by atoms with E-state index in [1.54, 1.807) is 19.3 Å². The summed E-state index contributed by atoms with van der Waals surface area (Å²) in [6, 6.07) is 1.41. The summed E-state index contributed by atoms with van der Waals surface area (Å²) in [5, 5.41) is 5.71. The van der Waals surface area contributed by atoms with E-state index in [9.17, 15) is 9.59 Å². The lowest BCUT2D eigenvalue weighted by atomic mass is 10.1. The number of allylic oxidation sites excluding steroid dienone is 1. The van der Waals surface area contributed by atoms with Crippen LogP contribution < -0.4 is 20.3 Å². The van der Waals surface area contributed by atoms with Crippen LogP contribution in [0, 0.1) is 0 Å². The Morgan fingerprint density at radius 1 is 1.25 bits per heavy atom. The molecule has 1 fully saturated rings. The Morgan fingerprint density at radius 3 is 2.79 bits per heavy atom. The first-order chi connectivity index (χ1) is 13.7. The van der Waals surface area contributed by atoms with Gasteiger partial charge in [0.05, 0.1) is 17.8 Å². The highest BCUT2D eigenvalue weighted by atomic mass is 16.5. The normalized spacial score (nSPS) is 21.2. The molecule has 0 radical (unpaired) electrons. The van der Waals surface area contributed by atoms with Crippen molar-refractivity contribution in [1.29, 1.82) is 0 Å². The summed E-state index contributed by atoms with van der Waals surface area (Å²) in [5.41, 5.74) is 1.46. The summed E-state index contributed by atoms with van der Waals surface area (Å²) in [6.07, 6.45) is 10.5. The predicted octanol–water partition coefficient (Wildman–Crippen LogP) is 1.02. The van der Waals surface area contributed by atoms with Crippen LogP contribution in [0.2, 0.25) is 0 Å². The molecule has 2 amide bonds. The average Bonchev–Trinajstić information content (AvgIpc) is 2.78. The Balaban J connectivity index is 1.52. The van der Waals surface area contributed by atoms with Gasteiger partial charge in [-0.3, -0.25) is 9.59 Å². The Labute approximate surface area is 164 Å². The minimum atomic E-state index is -0.383. The lowest BCUT2D eigenvalue weighted by molar-refractivity contribution is -0.121. The number of nitrogens with zero attached hydrogens (tertiary/aromatic N) is 3. The topological polar surface area (TPSA) is 86.8 Å². The molecule has 28 heavy (non-hydrogen) atoms. The number of hydrogen-bond acceptors (Lipinski definition) is 6. The van der Waals surface area contributed by atoms with E-state index in [0.717, 1.165) is 31.6 Å². The van der Waals surface area contributed by atoms with Crippen molar-refractivity contribution in [2.75, 3.05) is 38.2 Å². The zero-order valence-corrected chi connectivity index (χ0v) is 16.0. The monoisotopic (exact) mass is 383 g/mol. The number of fused-ring (bicyclic) bond motifs is 1. The van der Waals surface area contributed by atoms with E-state index < -0.39 is 0 Å². The Morgan fingerprint density at radius 2 is 2.07 bits per heavy atom.